The minimum atomic E-state index is 0. The topological polar surface area (TPSA) is 36.7 Å². The van der Waals surface area contributed by atoms with Crippen molar-refractivity contribution < 1.29 is 9.21 Å². The van der Waals surface area contributed by atoms with Gasteiger partial charge in [0.2, 0.25) is 0 Å². The van der Waals surface area contributed by atoms with Crippen molar-refractivity contribution in [1.29, 1.82) is 0 Å². The number of furan rings is 1. The third-order valence-electron chi connectivity index (χ3n) is 5.12. The van der Waals surface area contributed by atoms with Crippen molar-refractivity contribution in [3.8, 4) is 0 Å². The Balaban J connectivity index is 0.00000256. The lowest BCUT2D eigenvalue weighted by atomic mass is 10.1. The first-order chi connectivity index (χ1) is 14.1. The molecular formula is C25H27ClN2O2. The van der Waals surface area contributed by atoms with E-state index in [9.17, 15) is 4.79 Å². The van der Waals surface area contributed by atoms with Gasteiger partial charge in [-0.3, -0.25) is 4.79 Å². The zero-order valence-electron chi connectivity index (χ0n) is 17.4. The third-order valence-corrected chi connectivity index (χ3v) is 5.12. The molecule has 0 saturated carbocycles. The van der Waals surface area contributed by atoms with Gasteiger partial charge < -0.3 is 14.2 Å². The van der Waals surface area contributed by atoms with E-state index in [0.717, 1.165) is 42.2 Å². The standard InChI is InChI=1S/C25H26N2O2.ClH/c1-26(2)17-23-16-22-14-15-27(18-24(22)29-23)25(28)21-12-10-20(11-13-21)9-8-19-6-4-3-5-7-19;/h3-13,16H,14-15,17-18H2,1-2H3;1H/b9-8+;. The number of nitrogens with zero attached hydrogens (tertiary/aromatic N) is 2. The van der Waals surface area contributed by atoms with Crippen LogP contribution >= 0.6 is 12.4 Å². The Morgan fingerprint density at radius 2 is 1.70 bits per heavy atom. The van der Waals surface area contributed by atoms with Crippen LogP contribution in [0.3, 0.4) is 0 Å². The third kappa shape index (κ3) is 5.21. The smallest absolute Gasteiger partial charge is 0.254 e. The summed E-state index contributed by atoms with van der Waals surface area (Å²) in [7, 11) is 4.05. The van der Waals surface area contributed by atoms with E-state index in [1.807, 2.05) is 61.5 Å². The molecular weight excluding hydrogens is 396 g/mol. The fraction of sp³-hybridized carbons (Fsp3) is 0.240. The van der Waals surface area contributed by atoms with Gasteiger partial charge in [-0.05, 0) is 55.4 Å². The molecule has 1 aliphatic rings. The van der Waals surface area contributed by atoms with Gasteiger partial charge >= 0.3 is 0 Å². The number of carbonyl (C=O) groups excluding carboxylic acids is 1. The van der Waals surface area contributed by atoms with Gasteiger partial charge in [-0.15, -0.1) is 12.4 Å². The first-order valence-corrected chi connectivity index (χ1v) is 9.96. The number of amides is 1. The summed E-state index contributed by atoms with van der Waals surface area (Å²) in [5.74, 6) is 1.94. The van der Waals surface area contributed by atoms with Crippen molar-refractivity contribution in [2.75, 3.05) is 20.6 Å². The highest BCUT2D eigenvalue weighted by atomic mass is 35.5. The molecule has 0 bridgehead atoms. The van der Waals surface area contributed by atoms with Crippen LogP contribution in [0, 0.1) is 0 Å². The summed E-state index contributed by atoms with van der Waals surface area (Å²) < 4.78 is 5.98. The quantitative estimate of drug-likeness (QED) is 0.534. The molecule has 0 N–H and O–H groups in total. The van der Waals surface area contributed by atoms with Crippen LogP contribution in [0.2, 0.25) is 0 Å². The second kappa shape index (κ2) is 9.79. The molecule has 0 unspecified atom stereocenters. The van der Waals surface area contributed by atoms with E-state index in [2.05, 4.69) is 35.3 Å². The van der Waals surface area contributed by atoms with Crippen molar-refractivity contribution in [3.05, 3.63) is 94.4 Å². The van der Waals surface area contributed by atoms with Gasteiger partial charge in [0.25, 0.3) is 5.91 Å². The maximum absolute atomic E-state index is 12.9. The Kier molecular flexibility index (Phi) is 7.14. The summed E-state index contributed by atoms with van der Waals surface area (Å²) in [5.41, 5.74) is 4.17. The second-order valence-corrected chi connectivity index (χ2v) is 7.74. The van der Waals surface area contributed by atoms with Crippen LogP contribution < -0.4 is 0 Å². The summed E-state index contributed by atoms with van der Waals surface area (Å²) in [6.07, 6.45) is 4.98. The van der Waals surface area contributed by atoms with Crippen LogP contribution in [-0.4, -0.2) is 36.3 Å². The van der Waals surface area contributed by atoms with Crippen LogP contribution in [0.25, 0.3) is 12.2 Å². The lowest BCUT2D eigenvalue weighted by Gasteiger charge is -2.26. The zero-order chi connectivity index (χ0) is 20.2. The van der Waals surface area contributed by atoms with Crippen LogP contribution in [0.5, 0.6) is 0 Å². The zero-order valence-corrected chi connectivity index (χ0v) is 18.2. The Morgan fingerprint density at radius 1 is 1.03 bits per heavy atom. The summed E-state index contributed by atoms with van der Waals surface area (Å²) in [6.45, 7) is 2.04. The number of rotatable bonds is 5. The lowest BCUT2D eigenvalue weighted by molar-refractivity contribution is 0.0718. The lowest BCUT2D eigenvalue weighted by Crippen LogP contribution is -2.35. The average molecular weight is 423 g/mol. The maximum Gasteiger partial charge on any atom is 0.254 e. The normalized spacial score (nSPS) is 13.4. The van der Waals surface area contributed by atoms with Crippen LogP contribution in [0.4, 0.5) is 0 Å². The van der Waals surface area contributed by atoms with E-state index >= 15 is 0 Å². The van der Waals surface area contributed by atoms with Gasteiger partial charge in [0.15, 0.2) is 0 Å². The molecule has 1 aromatic heterocycles. The molecule has 1 aliphatic heterocycles. The van der Waals surface area contributed by atoms with Crippen molar-refractivity contribution in [1.82, 2.24) is 9.80 Å². The highest BCUT2D eigenvalue weighted by Crippen LogP contribution is 2.25. The van der Waals surface area contributed by atoms with E-state index in [0.29, 0.717) is 12.1 Å². The monoisotopic (exact) mass is 422 g/mol. The molecule has 0 saturated heterocycles. The average Bonchev–Trinajstić information content (AvgIpc) is 3.13. The Morgan fingerprint density at radius 3 is 2.37 bits per heavy atom. The number of hydrogen-bond donors (Lipinski definition) is 0. The van der Waals surface area contributed by atoms with Gasteiger partial charge in [-0.1, -0.05) is 54.6 Å². The molecule has 0 atom stereocenters. The van der Waals surface area contributed by atoms with E-state index in [-0.39, 0.29) is 18.3 Å². The number of carbonyl (C=O) groups is 1. The van der Waals surface area contributed by atoms with E-state index in [1.54, 1.807) is 0 Å². The Labute approximate surface area is 184 Å². The SMILES string of the molecule is CN(C)Cc1cc2c(o1)CN(C(=O)c1ccc(/C=C/c3ccccc3)cc1)CC2.Cl. The predicted molar refractivity (Wildman–Crippen MR) is 124 cm³/mol. The molecule has 4 nitrogen and oxygen atoms in total. The van der Waals surface area contributed by atoms with Crippen molar-refractivity contribution >= 4 is 30.5 Å². The number of halogens is 1. The van der Waals surface area contributed by atoms with Crippen molar-refractivity contribution in [2.45, 2.75) is 19.5 Å². The predicted octanol–water partition coefficient (Wildman–Crippen LogP) is 5.13. The summed E-state index contributed by atoms with van der Waals surface area (Å²) >= 11 is 0. The fourth-order valence-corrected chi connectivity index (χ4v) is 3.62. The first-order valence-electron chi connectivity index (χ1n) is 9.96. The van der Waals surface area contributed by atoms with Crippen molar-refractivity contribution in [3.63, 3.8) is 0 Å². The van der Waals surface area contributed by atoms with Gasteiger partial charge in [0, 0.05) is 12.1 Å². The van der Waals surface area contributed by atoms with Gasteiger partial charge in [-0.25, -0.2) is 0 Å². The highest BCUT2D eigenvalue weighted by Gasteiger charge is 2.25. The summed E-state index contributed by atoms with van der Waals surface area (Å²) in [5, 5.41) is 0. The highest BCUT2D eigenvalue weighted by molar-refractivity contribution is 5.94. The molecule has 30 heavy (non-hydrogen) atoms. The van der Waals surface area contributed by atoms with Crippen LogP contribution in [0.15, 0.2) is 65.1 Å². The molecule has 1 amide bonds. The molecule has 5 heteroatoms. The molecule has 0 radical (unpaired) electrons. The first kappa shape index (κ1) is 21.9. The van der Waals surface area contributed by atoms with Crippen LogP contribution in [-0.2, 0) is 19.5 Å². The van der Waals surface area contributed by atoms with Gasteiger partial charge in [0.05, 0.1) is 13.1 Å². The van der Waals surface area contributed by atoms with Gasteiger partial charge in [0.1, 0.15) is 11.5 Å². The molecule has 0 spiro atoms. The molecule has 2 aromatic carbocycles. The van der Waals surface area contributed by atoms with E-state index < -0.39 is 0 Å². The molecule has 156 valence electrons. The minimum absolute atomic E-state index is 0. The molecule has 0 aliphatic carbocycles. The Bertz CT molecular complexity index is 1010. The molecule has 0 fully saturated rings. The van der Waals surface area contributed by atoms with Crippen LogP contribution in [0.1, 0.15) is 38.6 Å². The largest absolute Gasteiger partial charge is 0.463 e. The van der Waals surface area contributed by atoms with Crippen molar-refractivity contribution in [2.24, 2.45) is 0 Å². The fourth-order valence-electron chi connectivity index (χ4n) is 3.62. The summed E-state index contributed by atoms with van der Waals surface area (Å²) in [4.78, 5) is 16.9. The summed E-state index contributed by atoms with van der Waals surface area (Å²) in [6, 6.07) is 20.1. The van der Waals surface area contributed by atoms with Gasteiger partial charge in [-0.2, -0.15) is 0 Å². The second-order valence-electron chi connectivity index (χ2n) is 7.74. The van der Waals surface area contributed by atoms with E-state index in [4.69, 9.17) is 4.42 Å². The van der Waals surface area contributed by atoms with E-state index in [1.165, 1.54) is 5.56 Å². The molecule has 2 heterocycles. The Hall–Kier alpha value is -2.82. The maximum atomic E-state index is 12.9. The molecule has 3 aromatic rings. The number of hydrogen-bond acceptors (Lipinski definition) is 3. The molecule has 4 rings (SSSR count). The minimum Gasteiger partial charge on any atom is -0.463 e. The number of benzene rings is 2. The number of fused-ring (bicyclic) bond motifs is 1.